The molecule has 8 heteroatoms. The first kappa shape index (κ1) is 19.8. The highest BCUT2D eigenvalue weighted by molar-refractivity contribution is 7.80. The van der Waals surface area contributed by atoms with Gasteiger partial charge in [-0.25, -0.2) is 8.78 Å². The van der Waals surface area contributed by atoms with Crippen molar-refractivity contribution in [3.05, 3.63) is 70.9 Å². The average molecular weight is 403 g/mol. The molecule has 0 spiro atoms. The fourth-order valence-electron chi connectivity index (χ4n) is 3.01. The number of allylic oxidation sites excluding steroid dienone is 1. The normalized spacial score (nSPS) is 16.7. The Balaban J connectivity index is 2.03. The van der Waals surface area contributed by atoms with E-state index < -0.39 is 23.6 Å². The number of amides is 1. The van der Waals surface area contributed by atoms with Gasteiger partial charge in [0, 0.05) is 12.7 Å². The predicted octanol–water partition coefficient (Wildman–Crippen LogP) is 3.75. The second-order valence-corrected chi connectivity index (χ2v) is 6.66. The maximum absolute atomic E-state index is 13.8. The predicted molar refractivity (Wildman–Crippen MR) is 107 cm³/mol. The van der Waals surface area contributed by atoms with E-state index >= 15 is 0 Å². The van der Waals surface area contributed by atoms with Crippen LogP contribution in [0.5, 0.6) is 5.75 Å². The van der Waals surface area contributed by atoms with Gasteiger partial charge >= 0.3 is 0 Å². The van der Waals surface area contributed by atoms with E-state index in [2.05, 4.69) is 10.6 Å². The lowest BCUT2D eigenvalue weighted by Crippen LogP contribution is -2.46. The zero-order valence-corrected chi connectivity index (χ0v) is 16.4. The summed E-state index contributed by atoms with van der Waals surface area (Å²) in [6.07, 6.45) is 0. The molecule has 0 bridgehead atoms. The molecular weight excluding hydrogens is 384 g/mol. The number of rotatable bonds is 4. The van der Waals surface area contributed by atoms with Gasteiger partial charge in [0.1, 0.15) is 5.75 Å². The minimum absolute atomic E-state index is 0.341. The van der Waals surface area contributed by atoms with Crippen molar-refractivity contribution < 1.29 is 18.3 Å². The molecular formula is C20H19F2N3O2S. The Morgan fingerprint density at radius 3 is 2.61 bits per heavy atom. The molecule has 1 amide bonds. The summed E-state index contributed by atoms with van der Waals surface area (Å²) in [7, 11) is 3.23. The van der Waals surface area contributed by atoms with Crippen LogP contribution < -0.4 is 15.4 Å². The summed E-state index contributed by atoms with van der Waals surface area (Å²) in [6.45, 7) is 1.75. The highest BCUT2D eigenvalue weighted by Crippen LogP contribution is 2.32. The van der Waals surface area contributed by atoms with Gasteiger partial charge in [0.05, 0.1) is 24.4 Å². The van der Waals surface area contributed by atoms with Gasteiger partial charge in [-0.1, -0.05) is 18.2 Å². The third-order valence-electron chi connectivity index (χ3n) is 4.63. The molecule has 0 unspecified atom stereocenters. The number of methoxy groups -OCH3 is 1. The third-order valence-corrected chi connectivity index (χ3v) is 5.02. The van der Waals surface area contributed by atoms with E-state index in [1.807, 2.05) is 0 Å². The number of para-hydroxylation sites is 2. The molecule has 1 aliphatic rings. The zero-order chi connectivity index (χ0) is 20.4. The van der Waals surface area contributed by atoms with Gasteiger partial charge in [-0.3, -0.25) is 4.79 Å². The number of nitrogens with zero attached hydrogens (tertiary/aromatic N) is 1. The molecule has 0 fully saturated rings. The fourth-order valence-corrected chi connectivity index (χ4v) is 3.26. The number of carbonyl (C=O) groups excluding carboxylic acids is 1. The quantitative estimate of drug-likeness (QED) is 0.762. The van der Waals surface area contributed by atoms with Crippen molar-refractivity contribution in [1.29, 1.82) is 0 Å². The van der Waals surface area contributed by atoms with E-state index in [0.29, 0.717) is 33.4 Å². The first-order valence-corrected chi connectivity index (χ1v) is 8.88. The zero-order valence-electron chi connectivity index (χ0n) is 15.5. The molecule has 5 nitrogen and oxygen atoms in total. The molecule has 2 N–H and O–H groups in total. The van der Waals surface area contributed by atoms with Crippen LogP contribution in [0.15, 0.2) is 53.7 Å². The van der Waals surface area contributed by atoms with Crippen molar-refractivity contribution in [2.75, 3.05) is 19.5 Å². The molecule has 28 heavy (non-hydrogen) atoms. The second-order valence-electron chi connectivity index (χ2n) is 6.27. The van der Waals surface area contributed by atoms with Crippen LogP contribution >= 0.6 is 12.2 Å². The Morgan fingerprint density at radius 2 is 1.93 bits per heavy atom. The monoisotopic (exact) mass is 403 g/mol. The lowest BCUT2D eigenvalue weighted by Gasteiger charge is -2.35. The topological polar surface area (TPSA) is 53.6 Å². The number of anilines is 1. The smallest absolute Gasteiger partial charge is 0.255 e. The summed E-state index contributed by atoms with van der Waals surface area (Å²) in [6, 6.07) is 9.78. The number of nitrogens with one attached hydrogen (secondary N) is 2. The fraction of sp³-hybridized carbons (Fsp3) is 0.200. The van der Waals surface area contributed by atoms with E-state index in [-0.39, 0.29) is 0 Å². The third kappa shape index (κ3) is 3.68. The van der Waals surface area contributed by atoms with Crippen LogP contribution in [0.3, 0.4) is 0 Å². The summed E-state index contributed by atoms with van der Waals surface area (Å²) >= 11 is 5.31. The molecule has 0 radical (unpaired) electrons. The highest BCUT2D eigenvalue weighted by Gasteiger charge is 2.33. The molecule has 0 saturated carbocycles. The molecule has 1 atom stereocenters. The summed E-state index contributed by atoms with van der Waals surface area (Å²) in [5, 5.41) is 6.22. The molecule has 0 saturated heterocycles. The molecule has 0 aliphatic carbocycles. The largest absolute Gasteiger partial charge is 0.495 e. The summed E-state index contributed by atoms with van der Waals surface area (Å²) in [4.78, 5) is 14.8. The van der Waals surface area contributed by atoms with Gasteiger partial charge in [-0.05, 0) is 49.0 Å². The number of hydrogen-bond acceptors (Lipinski definition) is 3. The summed E-state index contributed by atoms with van der Waals surface area (Å²) in [5.74, 6) is -1.85. The lowest BCUT2D eigenvalue weighted by molar-refractivity contribution is -0.113. The van der Waals surface area contributed by atoms with E-state index in [1.165, 1.54) is 13.2 Å². The van der Waals surface area contributed by atoms with Gasteiger partial charge in [0.15, 0.2) is 16.7 Å². The highest BCUT2D eigenvalue weighted by atomic mass is 32.1. The van der Waals surface area contributed by atoms with Gasteiger partial charge < -0.3 is 20.3 Å². The number of benzene rings is 2. The average Bonchev–Trinajstić information content (AvgIpc) is 2.68. The molecule has 2 aromatic rings. The van der Waals surface area contributed by atoms with Crippen molar-refractivity contribution in [3.63, 3.8) is 0 Å². The van der Waals surface area contributed by atoms with E-state index in [4.69, 9.17) is 17.0 Å². The van der Waals surface area contributed by atoms with Crippen molar-refractivity contribution in [2.45, 2.75) is 13.0 Å². The summed E-state index contributed by atoms with van der Waals surface area (Å²) in [5.41, 5.74) is 1.83. The number of carbonyl (C=O) groups is 1. The Labute approximate surface area is 167 Å². The van der Waals surface area contributed by atoms with E-state index in [9.17, 15) is 13.6 Å². The first-order valence-electron chi connectivity index (χ1n) is 8.47. The van der Waals surface area contributed by atoms with Crippen LogP contribution in [-0.4, -0.2) is 30.1 Å². The Kier molecular flexibility index (Phi) is 5.60. The van der Waals surface area contributed by atoms with Crippen LogP contribution in [0.4, 0.5) is 14.5 Å². The molecule has 0 aromatic heterocycles. The Hall–Kier alpha value is -3.00. The maximum atomic E-state index is 13.8. The SMILES string of the molecule is COc1ccccc1NC(=O)C1=C(C)N(C)C(=S)N[C@@H]1c1ccc(F)c(F)c1. The second kappa shape index (κ2) is 7.93. The van der Waals surface area contributed by atoms with Crippen molar-refractivity contribution in [3.8, 4) is 5.75 Å². The van der Waals surface area contributed by atoms with Gasteiger partial charge in [-0.2, -0.15) is 0 Å². The number of ether oxygens (including phenoxy) is 1. The molecule has 1 heterocycles. The van der Waals surface area contributed by atoms with Crippen LogP contribution in [0, 0.1) is 11.6 Å². The van der Waals surface area contributed by atoms with Gasteiger partial charge in [0.2, 0.25) is 0 Å². The van der Waals surface area contributed by atoms with Crippen molar-refractivity contribution in [2.24, 2.45) is 0 Å². The minimum atomic E-state index is -0.994. The van der Waals surface area contributed by atoms with Gasteiger partial charge in [0.25, 0.3) is 5.91 Å². The first-order chi connectivity index (χ1) is 13.3. The Bertz CT molecular complexity index is 978. The van der Waals surface area contributed by atoms with E-state index in [0.717, 1.165) is 12.1 Å². The molecule has 1 aliphatic heterocycles. The van der Waals surface area contributed by atoms with Crippen molar-refractivity contribution >= 4 is 28.9 Å². The van der Waals surface area contributed by atoms with Crippen LogP contribution in [-0.2, 0) is 4.79 Å². The standard InChI is InChI=1S/C20H19F2N3O2S/c1-11-17(19(26)23-15-6-4-5-7-16(15)27-3)18(24-20(28)25(11)2)12-8-9-13(21)14(22)10-12/h4-10,18H,1-3H3,(H,23,26)(H,24,28)/t18-/m1/s1. The van der Waals surface area contributed by atoms with Crippen LogP contribution in [0.2, 0.25) is 0 Å². The Morgan fingerprint density at radius 1 is 1.21 bits per heavy atom. The van der Waals surface area contributed by atoms with Crippen LogP contribution in [0.1, 0.15) is 18.5 Å². The number of halogens is 2. The molecule has 146 valence electrons. The van der Waals surface area contributed by atoms with Crippen LogP contribution in [0.25, 0.3) is 0 Å². The summed E-state index contributed by atoms with van der Waals surface area (Å²) < 4.78 is 32.4. The number of thiocarbonyl (C=S) groups is 1. The number of hydrogen-bond donors (Lipinski definition) is 2. The molecule has 2 aromatic carbocycles. The minimum Gasteiger partial charge on any atom is -0.495 e. The van der Waals surface area contributed by atoms with E-state index in [1.54, 1.807) is 43.1 Å². The molecule has 3 rings (SSSR count). The maximum Gasteiger partial charge on any atom is 0.255 e. The lowest BCUT2D eigenvalue weighted by atomic mass is 9.94. The van der Waals surface area contributed by atoms with Crippen molar-refractivity contribution in [1.82, 2.24) is 10.2 Å². The van der Waals surface area contributed by atoms with Gasteiger partial charge in [-0.15, -0.1) is 0 Å².